The zero-order valence-electron chi connectivity index (χ0n) is 12.1. The Labute approximate surface area is 124 Å². The van der Waals surface area contributed by atoms with Crippen LogP contribution >= 0.6 is 11.3 Å². The molecule has 1 aliphatic heterocycles. The Morgan fingerprint density at radius 3 is 2.65 bits per heavy atom. The number of nitrogens with zero attached hydrogens (tertiary/aromatic N) is 3. The molecule has 2 rings (SSSR count). The first kappa shape index (κ1) is 15.0. The lowest BCUT2D eigenvalue weighted by Gasteiger charge is -2.36. The van der Waals surface area contributed by atoms with Crippen molar-refractivity contribution in [3.8, 4) is 6.07 Å². The minimum atomic E-state index is 0.000672. The lowest BCUT2D eigenvalue weighted by atomic mass is 10.1. The molecule has 0 bridgehead atoms. The molecule has 0 aliphatic carbocycles. The smallest absolute Gasteiger partial charge is 0.264 e. The van der Waals surface area contributed by atoms with Crippen molar-refractivity contribution in [2.24, 2.45) is 0 Å². The zero-order valence-corrected chi connectivity index (χ0v) is 12.9. The van der Waals surface area contributed by atoms with E-state index in [4.69, 9.17) is 0 Å². The molecule has 2 heterocycles. The fourth-order valence-electron chi connectivity index (χ4n) is 2.57. The van der Waals surface area contributed by atoms with Crippen LogP contribution in [0.25, 0.3) is 0 Å². The Hall–Kier alpha value is -1.38. The maximum atomic E-state index is 12.4. The summed E-state index contributed by atoms with van der Waals surface area (Å²) in [6.07, 6.45) is 1.93. The summed E-state index contributed by atoms with van der Waals surface area (Å²) in [5.74, 6) is 0.140. The van der Waals surface area contributed by atoms with Gasteiger partial charge in [0.2, 0.25) is 0 Å². The molecule has 4 nitrogen and oxygen atoms in total. The first-order valence-electron chi connectivity index (χ1n) is 7.14. The van der Waals surface area contributed by atoms with Crippen molar-refractivity contribution in [2.75, 3.05) is 26.2 Å². The van der Waals surface area contributed by atoms with Crippen molar-refractivity contribution in [3.05, 3.63) is 21.9 Å². The van der Waals surface area contributed by atoms with Gasteiger partial charge in [0.05, 0.1) is 17.0 Å². The van der Waals surface area contributed by atoms with Gasteiger partial charge in [-0.05, 0) is 30.4 Å². The Bertz CT molecular complexity index is 497. The molecule has 1 amide bonds. The first-order valence-corrected chi connectivity index (χ1v) is 8.02. The quantitative estimate of drug-likeness (QED) is 0.856. The molecule has 1 saturated heterocycles. The molecule has 0 spiro atoms. The third-order valence-electron chi connectivity index (χ3n) is 3.81. The predicted molar refractivity (Wildman–Crippen MR) is 80.8 cm³/mol. The van der Waals surface area contributed by atoms with Gasteiger partial charge in [-0.25, -0.2) is 0 Å². The van der Waals surface area contributed by atoms with Gasteiger partial charge in [-0.15, -0.1) is 11.3 Å². The predicted octanol–water partition coefficient (Wildman–Crippen LogP) is 2.51. The van der Waals surface area contributed by atoms with E-state index >= 15 is 0 Å². The van der Waals surface area contributed by atoms with Crippen LogP contribution in [-0.4, -0.2) is 47.9 Å². The van der Waals surface area contributed by atoms with Gasteiger partial charge >= 0.3 is 0 Å². The van der Waals surface area contributed by atoms with Gasteiger partial charge in [-0.2, -0.15) is 5.26 Å². The third kappa shape index (κ3) is 3.20. The summed E-state index contributed by atoms with van der Waals surface area (Å²) >= 11 is 1.51. The number of aryl methyl sites for hydroxylation is 1. The van der Waals surface area contributed by atoms with E-state index in [0.717, 1.165) is 49.5 Å². The number of carbonyl (C=O) groups is 1. The molecule has 1 aliphatic rings. The number of amides is 1. The van der Waals surface area contributed by atoms with Crippen molar-refractivity contribution in [3.63, 3.8) is 0 Å². The highest BCUT2D eigenvalue weighted by Gasteiger charge is 2.27. The molecule has 0 radical (unpaired) electrons. The molecule has 1 unspecified atom stereocenters. The second kappa shape index (κ2) is 6.87. The van der Waals surface area contributed by atoms with Gasteiger partial charge in [-0.3, -0.25) is 9.69 Å². The van der Waals surface area contributed by atoms with Crippen molar-refractivity contribution in [1.82, 2.24) is 9.80 Å². The zero-order chi connectivity index (χ0) is 14.5. The first-order chi connectivity index (χ1) is 9.67. The van der Waals surface area contributed by atoms with Crippen LogP contribution in [0.4, 0.5) is 0 Å². The van der Waals surface area contributed by atoms with Crippen molar-refractivity contribution in [1.29, 1.82) is 5.26 Å². The van der Waals surface area contributed by atoms with Gasteiger partial charge < -0.3 is 4.90 Å². The maximum Gasteiger partial charge on any atom is 0.264 e. The summed E-state index contributed by atoms with van der Waals surface area (Å²) in [5, 5.41) is 11.2. The molecular weight excluding hydrogens is 270 g/mol. The summed E-state index contributed by atoms with van der Waals surface area (Å²) in [7, 11) is 0. The molecule has 1 fully saturated rings. The van der Waals surface area contributed by atoms with Crippen molar-refractivity contribution < 1.29 is 4.79 Å². The molecule has 0 N–H and O–H groups in total. The Balaban J connectivity index is 1.93. The van der Waals surface area contributed by atoms with Crippen LogP contribution in [0.15, 0.2) is 11.4 Å². The normalized spacial score (nSPS) is 17.8. The fourth-order valence-corrected chi connectivity index (χ4v) is 3.47. The highest BCUT2D eigenvalue weighted by atomic mass is 32.1. The Kier molecular flexibility index (Phi) is 5.16. The number of rotatable bonds is 4. The van der Waals surface area contributed by atoms with E-state index in [1.807, 2.05) is 23.3 Å². The molecule has 0 aromatic carbocycles. The fraction of sp³-hybridized carbons (Fsp3) is 0.600. The maximum absolute atomic E-state index is 12.4. The molecule has 20 heavy (non-hydrogen) atoms. The average molecular weight is 291 g/mol. The van der Waals surface area contributed by atoms with Crippen molar-refractivity contribution in [2.45, 2.75) is 32.7 Å². The monoisotopic (exact) mass is 291 g/mol. The van der Waals surface area contributed by atoms with Gasteiger partial charge in [0.15, 0.2) is 0 Å². The van der Waals surface area contributed by atoms with Gasteiger partial charge in [0.1, 0.15) is 0 Å². The van der Waals surface area contributed by atoms with Crippen LogP contribution in [0.1, 0.15) is 35.0 Å². The van der Waals surface area contributed by atoms with E-state index in [-0.39, 0.29) is 11.9 Å². The van der Waals surface area contributed by atoms with Gasteiger partial charge in [-0.1, -0.05) is 13.3 Å². The van der Waals surface area contributed by atoms with E-state index in [0.29, 0.717) is 0 Å². The van der Waals surface area contributed by atoms with E-state index in [9.17, 15) is 10.1 Å². The number of carbonyl (C=O) groups excluding carboxylic acids is 1. The lowest BCUT2D eigenvalue weighted by molar-refractivity contribution is 0.0605. The second-order valence-corrected chi connectivity index (χ2v) is 6.11. The molecule has 0 saturated carbocycles. The topological polar surface area (TPSA) is 47.3 Å². The van der Waals surface area contributed by atoms with E-state index in [1.54, 1.807) is 0 Å². The Morgan fingerprint density at radius 2 is 2.15 bits per heavy atom. The minimum Gasteiger partial charge on any atom is -0.335 e. The largest absolute Gasteiger partial charge is 0.335 e. The van der Waals surface area contributed by atoms with Crippen LogP contribution < -0.4 is 0 Å². The average Bonchev–Trinajstić information content (AvgIpc) is 2.90. The van der Waals surface area contributed by atoms with Gasteiger partial charge in [0, 0.05) is 26.2 Å². The number of hydrogen-bond donors (Lipinski definition) is 0. The highest BCUT2D eigenvalue weighted by Crippen LogP contribution is 2.19. The van der Waals surface area contributed by atoms with Crippen LogP contribution in [-0.2, 0) is 0 Å². The van der Waals surface area contributed by atoms with E-state index in [1.165, 1.54) is 11.3 Å². The van der Waals surface area contributed by atoms with E-state index < -0.39 is 0 Å². The minimum absolute atomic E-state index is 0.000672. The Morgan fingerprint density at radius 1 is 1.45 bits per heavy atom. The SMILES string of the molecule is CCCC(C#N)N1CCN(C(=O)c2sccc2C)CC1. The second-order valence-electron chi connectivity index (χ2n) is 5.19. The molecule has 1 atom stereocenters. The van der Waals surface area contributed by atoms with E-state index in [2.05, 4.69) is 17.9 Å². The summed E-state index contributed by atoms with van der Waals surface area (Å²) in [5.41, 5.74) is 1.06. The number of nitriles is 1. The molecule has 1 aromatic heterocycles. The summed E-state index contributed by atoms with van der Waals surface area (Å²) in [4.78, 5) is 17.4. The number of thiophene rings is 1. The molecule has 108 valence electrons. The van der Waals surface area contributed by atoms with Crippen LogP contribution in [0.3, 0.4) is 0 Å². The number of hydrogen-bond acceptors (Lipinski definition) is 4. The standard InChI is InChI=1S/C15H21N3OS/c1-3-4-13(11-16)17-6-8-18(9-7-17)15(19)14-12(2)5-10-20-14/h5,10,13H,3-4,6-9H2,1-2H3. The lowest BCUT2D eigenvalue weighted by Crippen LogP contribution is -2.51. The summed E-state index contributed by atoms with van der Waals surface area (Å²) < 4.78 is 0. The van der Waals surface area contributed by atoms with Gasteiger partial charge in [0.25, 0.3) is 5.91 Å². The van der Waals surface area contributed by atoms with Crippen molar-refractivity contribution >= 4 is 17.2 Å². The molecule has 5 heteroatoms. The number of piperazine rings is 1. The third-order valence-corrected chi connectivity index (χ3v) is 4.81. The van der Waals surface area contributed by atoms with Crippen LogP contribution in [0.2, 0.25) is 0 Å². The highest BCUT2D eigenvalue weighted by molar-refractivity contribution is 7.12. The molecule has 1 aromatic rings. The van der Waals surface area contributed by atoms with Crippen LogP contribution in [0.5, 0.6) is 0 Å². The summed E-state index contributed by atoms with van der Waals surface area (Å²) in [6.45, 7) is 7.12. The van der Waals surface area contributed by atoms with Crippen LogP contribution in [0, 0.1) is 18.3 Å². The summed E-state index contributed by atoms with van der Waals surface area (Å²) in [6, 6.07) is 4.37. The molecular formula is C15H21N3OS.